The number of hydrogen-bond acceptors (Lipinski definition) is 3. The first-order valence-corrected chi connectivity index (χ1v) is 4.12. The first-order valence-electron chi connectivity index (χ1n) is 4.12. The van der Waals surface area contributed by atoms with Gasteiger partial charge in [0.1, 0.15) is 18.1 Å². The molecule has 0 bridgehead atoms. The molecule has 0 N–H and O–H groups in total. The monoisotopic (exact) mass is 159 g/mol. The van der Waals surface area contributed by atoms with Crippen molar-refractivity contribution in [2.24, 2.45) is 0 Å². The fraction of sp³-hybridized carbons (Fsp3) is 0.444. The summed E-state index contributed by atoms with van der Waals surface area (Å²) in [7, 11) is 0. The lowest BCUT2D eigenvalue weighted by molar-refractivity contribution is 0.410. The van der Waals surface area contributed by atoms with Crippen LogP contribution < -0.4 is 0 Å². The Kier molecular flexibility index (Phi) is 1.75. The third-order valence-electron chi connectivity index (χ3n) is 2.33. The first-order chi connectivity index (χ1) is 5.90. The fourth-order valence-corrected chi connectivity index (χ4v) is 1.36. The van der Waals surface area contributed by atoms with Gasteiger partial charge in [0.15, 0.2) is 0 Å². The molecule has 0 saturated heterocycles. The van der Waals surface area contributed by atoms with Crippen molar-refractivity contribution in [1.82, 2.24) is 9.97 Å². The molecule has 1 aliphatic rings. The lowest BCUT2D eigenvalue weighted by Gasteiger charge is -2.24. The van der Waals surface area contributed by atoms with Crippen LogP contribution >= 0.6 is 0 Å². The van der Waals surface area contributed by atoms with E-state index in [1.165, 1.54) is 25.6 Å². The van der Waals surface area contributed by atoms with Crippen LogP contribution in [0.2, 0.25) is 0 Å². The zero-order valence-electron chi connectivity index (χ0n) is 6.70. The van der Waals surface area contributed by atoms with Crippen molar-refractivity contribution in [2.45, 2.75) is 25.2 Å². The van der Waals surface area contributed by atoms with Gasteiger partial charge in [-0.3, -0.25) is 0 Å². The van der Waals surface area contributed by atoms with Gasteiger partial charge in [-0.05, 0) is 18.9 Å². The summed E-state index contributed by atoms with van der Waals surface area (Å²) in [6, 6.07) is 3.81. The van der Waals surface area contributed by atoms with Crippen molar-refractivity contribution in [3.8, 4) is 6.07 Å². The maximum atomic E-state index is 8.59. The summed E-state index contributed by atoms with van der Waals surface area (Å²) in [5.74, 6) is 0.583. The minimum atomic E-state index is 0.479. The van der Waals surface area contributed by atoms with Crippen LogP contribution in [-0.2, 0) is 0 Å². The van der Waals surface area contributed by atoms with Crippen LogP contribution in [0.5, 0.6) is 0 Å². The van der Waals surface area contributed by atoms with Gasteiger partial charge in [-0.25, -0.2) is 9.97 Å². The molecule has 1 aliphatic carbocycles. The van der Waals surface area contributed by atoms with Crippen LogP contribution in [-0.4, -0.2) is 9.97 Å². The molecule has 1 saturated carbocycles. The Balaban J connectivity index is 2.27. The highest BCUT2D eigenvalue weighted by Crippen LogP contribution is 2.34. The molecule has 12 heavy (non-hydrogen) atoms. The van der Waals surface area contributed by atoms with Gasteiger partial charge in [-0.1, -0.05) is 6.42 Å². The van der Waals surface area contributed by atoms with E-state index in [1.807, 2.05) is 6.07 Å². The standard InChI is InChI=1S/C9H9N3/c10-5-8-4-9(12-6-11-8)7-2-1-3-7/h4,6-7H,1-3H2. The molecule has 0 spiro atoms. The summed E-state index contributed by atoms with van der Waals surface area (Å²) >= 11 is 0. The third-order valence-corrected chi connectivity index (χ3v) is 2.33. The fourth-order valence-electron chi connectivity index (χ4n) is 1.36. The molecule has 60 valence electrons. The Labute approximate surface area is 71.1 Å². The van der Waals surface area contributed by atoms with Gasteiger partial charge in [0.05, 0.1) is 0 Å². The molecule has 3 nitrogen and oxygen atoms in total. The van der Waals surface area contributed by atoms with Crippen LogP contribution in [0.15, 0.2) is 12.4 Å². The summed E-state index contributed by atoms with van der Waals surface area (Å²) in [6.45, 7) is 0. The van der Waals surface area contributed by atoms with E-state index in [0.29, 0.717) is 11.6 Å². The number of aromatic nitrogens is 2. The molecule has 0 atom stereocenters. The first kappa shape index (κ1) is 7.23. The zero-order chi connectivity index (χ0) is 8.39. The van der Waals surface area contributed by atoms with E-state index in [1.54, 1.807) is 6.07 Å². The molecule has 1 fully saturated rings. The second-order valence-corrected chi connectivity index (χ2v) is 3.07. The minimum Gasteiger partial charge on any atom is -0.241 e. The van der Waals surface area contributed by atoms with Gasteiger partial charge in [0, 0.05) is 11.6 Å². The largest absolute Gasteiger partial charge is 0.241 e. The summed E-state index contributed by atoms with van der Waals surface area (Å²) < 4.78 is 0. The molecule has 0 aliphatic heterocycles. The summed E-state index contributed by atoms with van der Waals surface area (Å²) in [5.41, 5.74) is 1.51. The minimum absolute atomic E-state index is 0.479. The van der Waals surface area contributed by atoms with E-state index >= 15 is 0 Å². The second kappa shape index (κ2) is 2.90. The molecule has 0 aromatic carbocycles. The molecule has 0 unspecified atom stereocenters. The summed E-state index contributed by atoms with van der Waals surface area (Å²) in [4.78, 5) is 7.97. The van der Waals surface area contributed by atoms with E-state index in [9.17, 15) is 0 Å². The molecule has 1 aromatic heterocycles. The smallest absolute Gasteiger partial charge is 0.144 e. The number of nitriles is 1. The molecular weight excluding hydrogens is 150 g/mol. The summed E-state index contributed by atoms with van der Waals surface area (Å²) in [6.07, 6.45) is 5.19. The highest BCUT2D eigenvalue weighted by atomic mass is 14.8. The number of rotatable bonds is 1. The predicted octanol–water partition coefficient (Wildman–Crippen LogP) is 1.62. The van der Waals surface area contributed by atoms with Crippen molar-refractivity contribution < 1.29 is 0 Å². The third kappa shape index (κ3) is 1.16. The zero-order valence-corrected chi connectivity index (χ0v) is 6.70. The Morgan fingerprint density at radius 3 is 2.83 bits per heavy atom. The number of hydrogen-bond donors (Lipinski definition) is 0. The molecule has 1 aromatic rings. The van der Waals surface area contributed by atoms with Gasteiger partial charge in [-0.15, -0.1) is 0 Å². The quantitative estimate of drug-likeness (QED) is 0.625. The lowest BCUT2D eigenvalue weighted by atomic mass is 9.83. The second-order valence-electron chi connectivity index (χ2n) is 3.07. The van der Waals surface area contributed by atoms with E-state index in [2.05, 4.69) is 9.97 Å². The van der Waals surface area contributed by atoms with E-state index in [-0.39, 0.29) is 0 Å². The average Bonchev–Trinajstić information content (AvgIpc) is 2.02. The Bertz CT molecular complexity index is 323. The van der Waals surface area contributed by atoms with Crippen LogP contribution in [0.4, 0.5) is 0 Å². The van der Waals surface area contributed by atoms with Crippen molar-refractivity contribution in [2.75, 3.05) is 0 Å². The Morgan fingerprint density at radius 2 is 2.25 bits per heavy atom. The normalized spacial score (nSPS) is 16.6. The van der Waals surface area contributed by atoms with Crippen molar-refractivity contribution >= 4 is 0 Å². The van der Waals surface area contributed by atoms with Gasteiger partial charge in [0.2, 0.25) is 0 Å². The predicted molar refractivity (Wildman–Crippen MR) is 43.3 cm³/mol. The van der Waals surface area contributed by atoms with Crippen LogP contribution in [0.1, 0.15) is 36.6 Å². The van der Waals surface area contributed by atoms with Gasteiger partial charge < -0.3 is 0 Å². The average molecular weight is 159 g/mol. The maximum absolute atomic E-state index is 8.59. The maximum Gasteiger partial charge on any atom is 0.144 e. The molecule has 2 rings (SSSR count). The summed E-state index contributed by atoms with van der Waals surface area (Å²) in [5, 5.41) is 8.59. The van der Waals surface area contributed by atoms with Crippen LogP contribution in [0, 0.1) is 11.3 Å². The molecule has 3 heteroatoms. The highest BCUT2D eigenvalue weighted by molar-refractivity contribution is 5.23. The number of nitrogens with zero attached hydrogens (tertiary/aromatic N) is 3. The van der Waals surface area contributed by atoms with E-state index in [4.69, 9.17) is 5.26 Å². The van der Waals surface area contributed by atoms with Crippen LogP contribution in [0.3, 0.4) is 0 Å². The van der Waals surface area contributed by atoms with E-state index < -0.39 is 0 Å². The van der Waals surface area contributed by atoms with Crippen molar-refractivity contribution in [3.05, 3.63) is 23.8 Å². The molecule has 0 amide bonds. The Morgan fingerprint density at radius 1 is 1.42 bits per heavy atom. The van der Waals surface area contributed by atoms with Crippen molar-refractivity contribution in [1.29, 1.82) is 5.26 Å². The van der Waals surface area contributed by atoms with Crippen LogP contribution in [0.25, 0.3) is 0 Å². The topological polar surface area (TPSA) is 49.6 Å². The van der Waals surface area contributed by atoms with Gasteiger partial charge in [-0.2, -0.15) is 5.26 Å². The molecule has 1 heterocycles. The SMILES string of the molecule is N#Cc1cc(C2CCC2)ncn1. The van der Waals surface area contributed by atoms with E-state index in [0.717, 1.165) is 5.69 Å². The molecular formula is C9H9N3. The Hall–Kier alpha value is -1.43. The molecule has 0 radical (unpaired) electrons. The lowest BCUT2D eigenvalue weighted by Crippen LogP contribution is -2.10. The van der Waals surface area contributed by atoms with Gasteiger partial charge in [0.25, 0.3) is 0 Å². The van der Waals surface area contributed by atoms with Gasteiger partial charge >= 0.3 is 0 Å². The van der Waals surface area contributed by atoms with Crippen molar-refractivity contribution in [3.63, 3.8) is 0 Å². The highest BCUT2D eigenvalue weighted by Gasteiger charge is 2.20.